The van der Waals surface area contributed by atoms with E-state index in [-0.39, 0.29) is 0 Å². The summed E-state index contributed by atoms with van der Waals surface area (Å²) in [6.07, 6.45) is -8.05. The highest BCUT2D eigenvalue weighted by Gasteiger charge is 2.64. The molecule has 6 atom stereocenters. The summed E-state index contributed by atoms with van der Waals surface area (Å²) in [5.74, 6) is -1.99. The maximum absolute atomic E-state index is 13.4. The van der Waals surface area contributed by atoms with Crippen LogP contribution in [0.3, 0.4) is 0 Å². The first-order chi connectivity index (χ1) is 6.13. The minimum Gasteiger partial charge on any atom is -0.245 e. The monoisotopic (exact) mass is 212 g/mol. The van der Waals surface area contributed by atoms with Gasteiger partial charge in [0, 0.05) is 0 Å². The second-order valence-corrected chi connectivity index (χ2v) is 4.04. The standard InChI is InChI=1S/C8H10BF5/c1-7(13)4(9)3(10)5(11)8(2,14)6(7)12/h3-6H,1-2H3. The molecule has 2 radical (unpaired) electrons. The molecule has 0 aliphatic heterocycles. The molecule has 0 nitrogen and oxygen atoms in total. The first-order valence-corrected chi connectivity index (χ1v) is 4.19. The molecule has 14 heavy (non-hydrogen) atoms. The van der Waals surface area contributed by atoms with E-state index in [4.69, 9.17) is 7.85 Å². The lowest BCUT2D eigenvalue weighted by Gasteiger charge is -2.46. The normalized spacial score (nSPS) is 59.9. The van der Waals surface area contributed by atoms with Crippen molar-refractivity contribution in [3.63, 3.8) is 0 Å². The van der Waals surface area contributed by atoms with Gasteiger partial charge in [-0.05, 0) is 19.7 Å². The Balaban J connectivity index is 3.09. The Morgan fingerprint density at radius 1 is 1.00 bits per heavy atom. The molecule has 0 N–H and O–H groups in total. The molecule has 1 saturated carbocycles. The van der Waals surface area contributed by atoms with Crippen molar-refractivity contribution in [1.82, 2.24) is 0 Å². The maximum Gasteiger partial charge on any atom is 0.176 e. The van der Waals surface area contributed by atoms with Gasteiger partial charge in [0.15, 0.2) is 18.0 Å². The first-order valence-electron chi connectivity index (χ1n) is 4.19. The van der Waals surface area contributed by atoms with Crippen LogP contribution in [-0.4, -0.2) is 37.7 Å². The summed E-state index contributed by atoms with van der Waals surface area (Å²) in [4.78, 5) is 0. The smallest absolute Gasteiger partial charge is 0.176 e. The molecule has 0 saturated heterocycles. The van der Waals surface area contributed by atoms with E-state index in [9.17, 15) is 22.0 Å². The molecule has 1 aliphatic rings. The fraction of sp³-hybridized carbons (Fsp3) is 1.00. The molecule has 0 heterocycles. The van der Waals surface area contributed by atoms with Gasteiger partial charge in [-0.1, -0.05) is 0 Å². The van der Waals surface area contributed by atoms with Gasteiger partial charge in [0.1, 0.15) is 11.8 Å². The van der Waals surface area contributed by atoms with E-state index in [1.165, 1.54) is 0 Å². The minimum absolute atomic E-state index is 0.499. The molecule has 6 heteroatoms. The van der Waals surface area contributed by atoms with Gasteiger partial charge in [-0.25, -0.2) is 22.0 Å². The summed E-state index contributed by atoms with van der Waals surface area (Å²) >= 11 is 0. The van der Waals surface area contributed by atoms with Gasteiger partial charge < -0.3 is 0 Å². The molecule has 0 bridgehead atoms. The van der Waals surface area contributed by atoms with Gasteiger partial charge in [0.05, 0.1) is 7.85 Å². The van der Waals surface area contributed by atoms with Crippen LogP contribution < -0.4 is 0 Å². The summed E-state index contributed by atoms with van der Waals surface area (Å²) in [6, 6.07) is 0. The Morgan fingerprint density at radius 3 is 1.86 bits per heavy atom. The highest BCUT2D eigenvalue weighted by atomic mass is 19.2. The van der Waals surface area contributed by atoms with Crippen LogP contribution in [0.1, 0.15) is 13.8 Å². The molecular weight excluding hydrogens is 202 g/mol. The molecule has 1 aliphatic carbocycles. The van der Waals surface area contributed by atoms with Crippen LogP contribution in [0.4, 0.5) is 22.0 Å². The van der Waals surface area contributed by atoms with Gasteiger partial charge in [0.25, 0.3) is 0 Å². The van der Waals surface area contributed by atoms with Crippen molar-refractivity contribution < 1.29 is 22.0 Å². The van der Waals surface area contributed by atoms with E-state index in [1.807, 2.05) is 0 Å². The summed E-state index contributed by atoms with van der Waals surface area (Å²) in [6.45, 7) is 1.14. The van der Waals surface area contributed by atoms with Gasteiger partial charge in [-0.2, -0.15) is 0 Å². The number of alkyl halides is 5. The molecule has 1 fully saturated rings. The zero-order valence-electron chi connectivity index (χ0n) is 7.78. The summed E-state index contributed by atoms with van der Waals surface area (Å²) < 4.78 is 65.9. The van der Waals surface area contributed by atoms with Crippen LogP contribution in [-0.2, 0) is 0 Å². The molecule has 0 amide bonds. The lowest BCUT2D eigenvalue weighted by Crippen LogP contribution is -2.63. The van der Waals surface area contributed by atoms with Crippen molar-refractivity contribution in [1.29, 1.82) is 0 Å². The van der Waals surface area contributed by atoms with E-state index >= 15 is 0 Å². The van der Waals surface area contributed by atoms with Crippen molar-refractivity contribution in [3.05, 3.63) is 0 Å². The Bertz CT molecular complexity index is 208. The van der Waals surface area contributed by atoms with Gasteiger partial charge in [-0.3, -0.25) is 0 Å². The zero-order valence-corrected chi connectivity index (χ0v) is 7.78. The molecule has 0 aromatic carbocycles. The van der Waals surface area contributed by atoms with E-state index in [1.54, 1.807) is 0 Å². The SMILES string of the molecule is [B]C1C(F)C(F)C(C)(F)C(F)C1(C)F. The third kappa shape index (κ3) is 1.34. The van der Waals surface area contributed by atoms with Crippen LogP contribution in [0.25, 0.3) is 0 Å². The van der Waals surface area contributed by atoms with Crippen molar-refractivity contribution in [3.8, 4) is 0 Å². The Morgan fingerprint density at radius 2 is 1.43 bits per heavy atom. The molecule has 6 unspecified atom stereocenters. The fourth-order valence-electron chi connectivity index (χ4n) is 1.67. The predicted octanol–water partition coefficient (Wildman–Crippen LogP) is 2.43. The largest absolute Gasteiger partial charge is 0.245 e. The third-order valence-electron chi connectivity index (χ3n) is 2.80. The molecule has 0 aromatic rings. The van der Waals surface area contributed by atoms with Crippen molar-refractivity contribution in [2.75, 3.05) is 0 Å². The van der Waals surface area contributed by atoms with Crippen LogP contribution in [0.2, 0.25) is 5.82 Å². The molecule has 80 valence electrons. The quantitative estimate of drug-likeness (QED) is 0.427. The summed E-state index contributed by atoms with van der Waals surface area (Å²) in [5.41, 5.74) is -6.08. The van der Waals surface area contributed by atoms with Crippen LogP contribution in [0, 0.1) is 0 Å². The summed E-state index contributed by atoms with van der Waals surface area (Å²) in [5, 5.41) is 0. The number of rotatable bonds is 0. The Labute approximate surface area is 80.3 Å². The lowest BCUT2D eigenvalue weighted by atomic mass is 9.60. The van der Waals surface area contributed by atoms with Crippen LogP contribution in [0.5, 0.6) is 0 Å². The average molecular weight is 212 g/mol. The fourth-order valence-corrected chi connectivity index (χ4v) is 1.67. The Hall–Kier alpha value is -0.285. The zero-order chi connectivity index (χ0) is 11.3. The minimum atomic E-state index is -3.18. The predicted molar refractivity (Wildman–Crippen MR) is 43.2 cm³/mol. The van der Waals surface area contributed by atoms with Crippen LogP contribution >= 0.6 is 0 Å². The number of hydrogen-bond acceptors (Lipinski definition) is 0. The van der Waals surface area contributed by atoms with Crippen molar-refractivity contribution in [2.45, 2.75) is 49.5 Å². The van der Waals surface area contributed by atoms with E-state index in [2.05, 4.69) is 0 Å². The van der Waals surface area contributed by atoms with Crippen molar-refractivity contribution in [2.24, 2.45) is 0 Å². The molecule has 0 spiro atoms. The molecular formula is C8H10BF5. The summed E-state index contributed by atoms with van der Waals surface area (Å²) in [7, 11) is 4.96. The average Bonchev–Trinajstić information content (AvgIpc) is 2.11. The van der Waals surface area contributed by atoms with Crippen LogP contribution in [0.15, 0.2) is 0 Å². The third-order valence-corrected chi connectivity index (χ3v) is 2.80. The van der Waals surface area contributed by atoms with E-state index < -0.39 is 35.7 Å². The van der Waals surface area contributed by atoms with E-state index in [0.29, 0.717) is 13.8 Å². The lowest BCUT2D eigenvalue weighted by molar-refractivity contribution is -0.143. The number of halogens is 5. The highest BCUT2D eigenvalue weighted by molar-refractivity contribution is 6.13. The first kappa shape index (κ1) is 11.8. The second kappa shape index (κ2) is 3.10. The highest BCUT2D eigenvalue weighted by Crippen LogP contribution is 2.49. The van der Waals surface area contributed by atoms with Gasteiger partial charge in [-0.15, -0.1) is 0 Å². The molecule has 1 rings (SSSR count). The Kier molecular flexibility index (Phi) is 2.61. The van der Waals surface area contributed by atoms with E-state index in [0.717, 1.165) is 0 Å². The van der Waals surface area contributed by atoms with Gasteiger partial charge >= 0.3 is 0 Å². The number of hydrogen-bond donors (Lipinski definition) is 0. The topological polar surface area (TPSA) is 0 Å². The molecule has 0 aromatic heterocycles. The second-order valence-electron chi connectivity index (χ2n) is 4.04. The van der Waals surface area contributed by atoms with Gasteiger partial charge in [0.2, 0.25) is 0 Å². The van der Waals surface area contributed by atoms with Crippen molar-refractivity contribution >= 4 is 7.85 Å². The maximum atomic E-state index is 13.4.